The number of hydrogen-bond acceptors (Lipinski definition) is 8. The van der Waals surface area contributed by atoms with Crippen LogP contribution in [0.5, 0.6) is 17.2 Å². The first-order chi connectivity index (χ1) is 18.4. The van der Waals surface area contributed by atoms with E-state index in [4.69, 9.17) is 19.3 Å². The number of amidine groups is 1. The Morgan fingerprint density at radius 2 is 1.82 bits per heavy atom. The normalized spacial score (nSPS) is 17.1. The molecule has 0 radical (unpaired) electrons. The minimum Gasteiger partial charge on any atom is -0.497 e. The molecule has 10 nitrogen and oxygen atoms in total. The number of aromatic carboxylic acids is 1. The Kier molecular flexibility index (Phi) is 7.18. The largest absolute Gasteiger partial charge is 0.497 e. The Hall–Kier alpha value is -4.51. The van der Waals surface area contributed by atoms with Crippen LogP contribution in [-0.4, -0.2) is 52.1 Å². The maximum Gasteiger partial charge on any atom is 0.335 e. The molecule has 38 heavy (non-hydrogen) atoms. The average Bonchev–Trinajstić information content (AvgIpc) is 3.49. The van der Waals surface area contributed by atoms with E-state index in [-0.39, 0.29) is 37.1 Å². The Morgan fingerprint density at radius 3 is 2.53 bits per heavy atom. The van der Waals surface area contributed by atoms with Crippen molar-refractivity contribution in [1.29, 1.82) is 0 Å². The predicted molar refractivity (Wildman–Crippen MR) is 141 cm³/mol. The third kappa shape index (κ3) is 5.57. The highest BCUT2D eigenvalue weighted by atomic mass is 32.2. The zero-order chi connectivity index (χ0) is 26.6. The summed E-state index contributed by atoms with van der Waals surface area (Å²) in [7, 11) is 1.58. The topological polar surface area (TPSA) is 127 Å². The van der Waals surface area contributed by atoms with Crippen LogP contribution < -0.4 is 19.5 Å². The molecule has 2 aliphatic rings. The summed E-state index contributed by atoms with van der Waals surface area (Å²) < 4.78 is 16.1. The second-order valence-electron chi connectivity index (χ2n) is 8.45. The van der Waals surface area contributed by atoms with Gasteiger partial charge in [0.25, 0.3) is 0 Å². The molecule has 0 spiro atoms. The highest BCUT2D eigenvalue weighted by Gasteiger charge is 2.39. The van der Waals surface area contributed by atoms with Gasteiger partial charge in [-0.2, -0.15) is 0 Å². The van der Waals surface area contributed by atoms with Gasteiger partial charge in [0.15, 0.2) is 16.7 Å². The quantitative estimate of drug-likeness (QED) is 0.439. The van der Waals surface area contributed by atoms with E-state index in [0.717, 1.165) is 5.56 Å². The molecule has 11 heteroatoms. The first kappa shape index (κ1) is 25.2. The van der Waals surface area contributed by atoms with Gasteiger partial charge in [-0.25, -0.2) is 9.79 Å². The zero-order valence-corrected chi connectivity index (χ0v) is 21.1. The maximum absolute atomic E-state index is 13.5. The van der Waals surface area contributed by atoms with E-state index in [9.17, 15) is 14.4 Å². The van der Waals surface area contributed by atoms with Crippen molar-refractivity contribution >= 4 is 46.1 Å². The Bertz CT molecular complexity index is 1410. The molecule has 0 aromatic heterocycles. The molecular weight excluding hydrogens is 510 g/mol. The smallest absolute Gasteiger partial charge is 0.335 e. The molecule has 3 aromatic rings. The van der Waals surface area contributed by atoms with Gasteiger partial charge < -0.3 is 24.6 Å². The van der Waals surface area contributed by atoms with Crippen LogP contribution in [0.25, 0.3) is 0 Å². The number of amides is 2. The van der Waals surface area contributed by atoms with Crippen LogP contribution in [0.4, 0.5) is 11.4 Å². The fourth-order valence-electron chi connectivity index (χ4n) is 3.94. The number of ether oxygens (including phenoxy) is 3. The van der Waals surface area contributed by atoms with E-state index >= 15 is 0 Å². The number of carboxylic acid groups (broad SMARTS) is 1. The highest BCUT2D eigenvalue weighted by Crippen LogP contribution is 2.36. The van der Waals surface area contributed by atoms with Crippen molar-refractivity contribution < 1.29 is 33.7 Å². The van der Waals surface area contributed by atoms with Crippen LogP contribution >= 0.6 is 11.8 Å². The third-order valence-electron chi connectivity index (χ3n) is 5.88. The van der Waals surface area contributed by atoms with Crippen molar-refractivity contribution in [3.63, 3.8) is 0 Å². The summed E-state index contributed by atoms with van der Waals surface area (Å²) in [6.07, 6.45) is -0.0799. The van der Waals surface area contributed by atoms with Crippen molar-refractivity contribution in [3.8, 4) is 17.2 Å². The van der Waals surface area contributed by atoms with Crippen molar-refractivity contribution in [3.05, 3.63) is 77.9 Å². The molecule has 2 aliphatic heterocycles. The number of methoxy groups -OCH3 is 1. The van der Waals surface area contributed by atoms with Gasteiger partial charge in [-0.3, -0.25) is 14.5 Å². The van der Waals surface area contributed by atoms with Crippen LogP contribution in [-0.2, 0) is 16.1 Å². The van der Waals surface area contributed by atoms with E-state index in [1.54, 1.807) is 42.3 Å². The number of carbonyl (C=O) groups excluding carboxylic acids is 2. The Labute approximate surface area is 222 Å². The molecule has 194 valence electrons. The van der Waals surface area contributed by atoms with Crippen LogP contribution in [0.2, 0.25) is 0 Å². The molecule has 1 fully saturated rings. The number of rotatable bonds is 8. The summed E-state index contributed by atoms with van der Waals surface area (Å²) >= 11 is 1.22. The second-order valence-corrected chi connectivity index (χ2v) is 9.62. The minimum absolute atomic E-state index is 0.0799. The molecule has 0 bridgehead atoms. The summed E-state index contributed by atoms with van der Waals surface area (Å²) in [6, 6.07) is 18.4. The summed E-state index contributed by atoms with van der Waals surface area (Å²) in [5.41, 5.74) is 2.03. The number of nitrogens with zero attached hydrogens (tertiary/aromatic N) is 2. The lowest BCUT2D eigenvalue weighted by molar-refractivity contribution is -0.128. The summed E-state index contributed by atoms with van der Waals surface area (Å²) in [4.78, 5) is 43.5. The lowest BCUT2D eigenvalue weighted by atomic mass is 10.1. The summed E-state index contributed by atoms with van der Waals surface area (Å²) in [5, 5.41) is 11.6. The number of thioether (sulfide) groups is 1. The average molecular weight is 534 g/mol. The molecule has 1 saturated heterocycles. The SMILES string of the molecule is COc1ccc(N=C2S[C@@H](CC(=O)Nc3ccc(C(=O)O)cc3)C(=O)N2Cc2ccc3c(c2)OCO3)cc1. The molecule has 5 rings (SSSR count). The van der Waals surface area contributed by atoms with Gasteiger partial charge in [-0.15, -0.1) is 0 Å². The van der Waals surface area contributed by atoms with Crippen LogP contribution in [0.1, 0.15) is 22.3 Å². The molecule has 1 atom stereocenters. The van der Waals surface area contributed by atoms with Crippen LogP contribution in [0.15, 0.2) is 71.7 Å². The fourth-order valence-corrected chi connectivity index (χ4v) is 5.09. The molecule has 2 N–H and O–H groups in total. The number of benzene rings is 3. The Balaban J connectivity index is 1.34. The molecule has 2 heterocycles. The monoisotopic (exact) mass is 533 g/mol. The van der Waals surface area contributed by atoms with Crippen molar-refractivity contribution in [2.24, 2.45) is 4.99 Å². The van der Waals surface area contributed by atoms with Gasteiger partial charge in [0.1, 0.15) is 11.0 Å². The highest BCUT2D eigenvalue weighted by molar-refractivity contribution is 8.15. The van der Waals surface area contributed by atoms with E-state index in [1.807, 2.05) is 12.1 Å². The van der Waals surface area contributed by atoms with Gasteiger partial charge in [0.05, 0.1) is 24.9 Å². The standard InChI is InChI=1S/C27H23N3O7S/c1-35-20-9-7-19(8-10-20)29-27-30(14-16-2-11-21-22(12-16)37-15-36-21)25(32)23(38-27)13-24(31)28-18-5-3-17(4-6-18)26(33)34/h2-12,23H,13-15H2,1H3,(H,28,31)(H,33,34)/t23-/m0/s1. The van der Waals surface area contributed by atoms with Gasteiger partial charge in [0.2, 0.25) is 18.6 Å². The number of aliphatic imine (C=N–C) groups is 1. The van der Waals surface area contributed by atoms with E-state index < -0.39 is 11.2 Å². The van der Waals surface area contributed by atoms with Gasteiger partial charge in [-0.1, -0.05) is 17.8 Å². The predicted octanol–water partition coefficient (Wildman–Crippen LogP) is 4.28. The number of anilines is 1. The number of carbonyl (C=O) groups is 3. The lowest BCUT2D eigenvalue weighted by Crippen LogP contribution is -2.33. The zero-order valence-electron chi connectivity index (χ0n) is 20.2. The second kappa shape index (κ2) is 10.9. The third-order valence-corrected chi connectivity index (χ3v) is 7.06. The van der Waals surface area contributed by atoms with Crippen molar-refractivity contribution in [2.45, 2.75) is 18.2 Å². The summed E-state index contributed by atoms with van der Waals surface area (Å²) in [5.74, 6) is 0.285. The van der Waals surface area contributed by atoms with Crippen LogP contribution in [0, 0.1) is 0 Å². The lowest BCUT2D eigenvalue weighted by Gasteiger charge is -2.17. The van der Waals surface area contributed by atoms with E-state index in [2.05, 4.69) is 10.3 Å². The van der Waals surface area contributed by atoms with E-state index in [0.29, 0.717) is 33.8 Å². The minimum atomic E-state index is -1.05. The van der Waals surface area contributed by atoms with Gasteiger partial charge in [-0.05, 0) is 66.2 Å². The first-order valence-corrected chi connectivity index (χ1v) is 12.5. The van der Waals surface area contributed by atoms with Gasteiger partial charge in [0, 0.05) is 12.1 Å². The number of hydrogen-bond donors (Lipinski definition) is 2. The summed E-state index contributed by atoms with van der Waals surface area (Å²) in [6.45, 7) is 0.393. The first-order valence-electron chi connectivity index (χ1n) is 11.6. The molecule has 3 aromatic carbocycles. The Morgan fingerprint density at radius 1 is 1.08 bits per heavy atom. The number of nitrogens with one attached hydrogen (secondary N) is 1. The molecule has 0 saturated carbocycles. The molecule has 0 unspecified atom stereocenters. The molecule has 2 amide bonds. The van der Waals surface area contributed by atoms with Crippen LogP contribution in [0.3, 0.4) is 0 Å². The molecule has 0 aliphatic carbocycles. The number of fused-ring (bicyclic) bond motifs is 1. The van der Waals surface area contributed by atoms with E-state index in [1.165, 1.54) is 36.0 Å². The molecular formula is C27H23N3O7S. The van der Waals surface area contributed by atoms with Crippen molar-refractivity contribution in [1.82, 2.24) is 4.90 Å². The number of carboxylic acids is 1. The fraction of sp³-hybridized carbons (Fsp3) is 0.185. The van der Waals surface area contributed by atoms with Gasteiger partial charge >= 0.3 is 5.97 Å². The maximum atomic E-state index is 13.5. The van der Waals surface area contributed by atoms with Crippen molar-refractivity contribution in [2.75, 3.05) is 19.2 Å².